The Morgan fingerprint density at radius 3 is 2.50 bits per heavy atom. The van der Waals surface area contributed by atoms with Crippen molar-refractivity contribution in [1.29, 1.82) is 5.26 Å². The molecule has 144 valence electrons. The van der Waals surface area contributed by atoms with Gasteiger partial charge < -0.3 is 10.2 Å². The van der Waals surface area contributed by atoms with Gasteiger partial charge in [0.2, 0.25) is 5.91 Å². The summed E-state index contributed by atoms with van der Waals surface area (Å²) >= 11 is 0. The molecule has 1 aliphatic carbocycles. The topological polar surface area (TPSA) is 73.2 Å². The van der Waals surface area contributed by atoms with Gasteiger partial charge in [-0.05, 0) is 31.0 Å². The maximum atomic E-state index is 13.0. The van der Waals surface area contributed by atoms with Gasteiger partial charge in [0, 0.05) is 24.2 Å². The van der Waals surface area contributed by atoms with Gasteiger partial charge in [0.1, 0.15) is 0 Å². The van der Waals surface area contributed by atoms with E-state index in [2.05, 4.69) is 11.4 Å². The number of ketones is 1. The van der Waals surface area contributed by atoms with Crippen LogP contribution in [0.2, 0.25) is 0 Å². The molecule has 0 heterocycles. The molecule has 5 nitrogen and oxygen atoms in total. The van der Waals surface area contributed by atoms with Crippen LogP contribution in [0.1, 0.15) is 53.6 Å². The second-order valence-corrected chi connectivity index (χ2v) is 7.21. The smallest absolute Gasteiger partial charge is 0.240 e. The molecule has 28 heavy (non-hydrogen) atoms. The molecule has 0 saturated heterocycles. The standard InChI is InChI=1S/C23H25N3O2/c1-26(22(27)16-25-19-10-6-3-7-11-19)21-13-12-17(15-24)14-20(21)23(28)18-8-4-2-5-9-18/h2,4-5,8-9,12-14,19,25H,3,6-7,10-11,16H2,1H3. The molecule has 1 N–H and O–H groups in total. The van der Waals surface area contributed by atoms with Crippen molar-refractivity contribution in [2.75, 3.05) is 18.5 Å². The maximum Gasteiger partial charge on any atom is 0.240 e. The lowest BCUT2D eigenvalue weighted by Gasteiger charge is -2.25. The van der Waals surface area contributed by atoms with Gasteiger partial charge in [-0.2, -0.15) is 5.26 Å². The quantitative estimate of drug-likeness (QED) is 0.782. The van der Waals surface area contributed by atoms with Crippen molar-refractivity contribution in [1.82, 2.24) is 5.32 Å². The summed E-state index contributed by atoms with van der Waals surface area (Å²) in [6.45, 7) is 0.236. The van der Waals surface area contributed by atoms with Crippen LogP contribution in [0.4, 0.5) is 5.69 Å². The Labute approximate surface area is 166 Å². The Balaban J connectivity index is 1.80. The molecular formula is C23H25N3O2. The summed E-state index contributed by atoms with van der Waals surface area (Å²) in [4.78, 5) is 27.3. The van der Waals surface area contributed by atoms with Crippen molar-refractivity contribution in [3.63, 3.8) is 0 Å². The predicted octanol–water partition coefficient (Wildman–Crippen LogP) is 3.67. The number of benzene rings is 2. The number of likely N-dealkylation sites (N-methyl/N-ethyl adjacent to an activating group) is 1. The van der Waals surface area contributed by atoms with E-state index in [1.807, 2.05) is 6.07 Å². The average Bonchev–Trinajstić information content (AvgIpc) is 2.77. The minimum absolute atomic E-state index is 0.0996. The SMILES string of the molecule is CN(C(=O)CNC1CCCCC1)c1ccc(C#N)cc1C(=O)c1ccccc1. The summed E-state index contributed by atoms with van der Waals surface area (Å²) in [5, 5.41) is 12.6. The van der Waals surface area contributed by atoms with Crippen LogP contribution >= 0.6 is 0 Å². The zero-order chi connectivity index (χ0) is 19.9. The highest BCUT2D eigenvalue weighted by molar-refractivity contribution is 6.14. The van der Waals surface area contributed by atoms with Crippen molar-refractivity contribution in [3.05, 3.63) is 65.2 Å². The predicted molar refractivity (Wildman–Crippen MR) is 109 cm³/mol. The van der Waals surface area contributed by atoms with Gasteiger partial charge in [0.15, 0.2) is 5.78 Å². The minimum atomic E-state index is -0.201. The molecule has 2 aromatic carbocycles. The van der Waals surface area contributed by atoms with E-state index in [0.717, 1.165) is 12.8 Å². The normalized spacial score (nSPS) is 14.3. The Bertz CT molecular complexity index is 880. The van der Waals surface area contributed by atoms with Crippen LogP contribution in [-0.4, -0.2) is 31.3 Å². The first-order valence-electron chi connectivity index (χ1n) is 9.74. The van der Waals surface area contributed by atoms with Gasteiger partial charge in [-0.25, -0.2) is 0 Å². The fraction of sp³-hybridized carbons (Fsp3) is 0.348. The molecule has 1 amide bonds. The van der Waals surface area contributed by atoms with Crippen molar-refractivity contribution >= 4 is 17.4 Å². The van der Waals surface area contributed by atoms with E-state index in [0.29, 0.717) is 28.4 Å². The van der Waals surface area contributed by atoms with Crippen molar-refractivity contribution in [2.45, 2.75) is 38.1 Å². The number of hydrogen-bond acceptors (Lipinski definition) is 4. The number of hydrogen-bond donors (Lipinski definition) is 1. The summed E-state index contributed by atoms with van der Waals surface area (Å²) in [6.07, 6.45) is 5.87. The fourth-order valence-corrected chi connectivity index (χ4v) is 3.62. The van der Waals surface area contributed by atoms with Gasteiger partial charge in [-0.1, -0.05) is 49.6 Å². The van der Waals surface area contributed by atoms with Crippen LogP contribution in [-0.2, 0) is 4.79 Å². The lowest BCUT2D eigenvalue weighted by atomic mass is 9.95. The molecule has 0 bridgehead atoms. The zero-order valence-corrected chi connectivity index (χ0v) is 16.1. The number of nitriles is 1. The Morgan fingerprint density at radius 1 is 1.11 bits per heavy atom. The summed E-state index contributed by atoms with van der Waals surface area (Å²) in [5.74, 6) is -0.301. The van der Waals surface area contributed by atoms with Gasteiger partial charge in [0.05, 0.1) is 23.9 Å². The summed E-state index contributed by atoms with van der Waals surface area (Å²) in [6, 6.07) is 16.2. The van der Waals surface area contributed by atoms with Crippen molar-refractivity contribution in [3.8, 4) is 6.07 Å². The highest BCUT2D eigenvalue weighted by Crippen LogP contribution is 2.24. The van der Waals surface area contributed by atoms with E-state index < -0.39 is 0 Å². The molecule has 1 saturated carbocycles. The van der Waals surface area contributed by atoms with Crippen LogP contribution in [0.3, 0.4) is 0 Å². The fourth-order valence-electron chi connectivity index (χ4n) is 3.62. The minimum Gasteiger partial charge on any atom is -0.314 e. The van der Waals surface area contributed by atoms with E-state index in [9.17, 15) is 14.9 Å². The molecular weight excluding hydrogens is 350 g/mol. The Kier molecular flexibility index (Phi) is 6.57. The first-order valence-corrected chi connectivity index (χ1v) is 9.74. The lowest BCUT2D eigenvalue weighted by Crippen LogP contribution is -2.41. The summed E-state index contributed by atoms with van der Waals surface area (Å²) < 4.78 is 0. The van der Waals surface area contributed by atoms with Crippen LogP contribution in [0.25, 0.3) is 0 Å². The molecule has 5 heteroatoms. The number of carbonyl (C=O) groups excluding carboxylic acids is 2. The van der Waals surface area contributed by atoms with Crippen molar-refractivity contribution < 1.29 is 9.59 Å². The van der Waals surface area contributed by atoms with E-state index >= 15 is 0 Å². The first kappa shape index (κ1) is 19.8. The second-order valence-electron chi connectivity index (χ2n) is 7.21. The number of nitrogens with zero attached hydrogens (tertiary/aromatic N) is 2. The molecule has 2 aromatic rings. The maximum absolute atomic E-state index is 13.0. The van der Waals surface area contributed by atoms with Crippen LogP contribution < -0.4 is 10.2 Å². The average molecular weight is 375 g/mol. The largest absolute Gasteiger partial charge is 0.314 e. The van der Waals surface area contributed by atoms with E-state index in [-0.39, 0.29) is 18.2 Å². The van der Waals surface area contributed by atoms with Crippen LogP contribution in [0, 0.1) is 11.3 Å². The third kappa shape index (κ3) is 4.65. The van der Waals surface area contributed by atoms with Gasteiger partial charge in [0.25, 0.3) is 0 Å². The number of nitrogens with one attached hydrogen (secondary N) is 1. The third-order valence-electron chi connectivity index (χ3n) is 5.29. The summed E-state index contributed by atoms with van der Waals surface area (Å²) in [5.41, 5.74) is 1.80. The number of rotatable bonds is 6. The number of anilines is 1. The molecule has 0 atom stereocenters. The molecule has 0 radical (unpaired) electrons. The third-order valence-corrected chi connectivity index (χ3v) is 5.29. The second kappa shape index (κ2) is 9.29. The van der Waals surface area contributed by atoms with Gasteiger partial charge in [-0.15, -0.1) is 0 Å². The van der Waals surface area contributed by atoms with E-state index in [4.69, 9.17) is 0 Å². The molecule has 1 fully saturated rings. The summed E-state index contributed by atoms with van der Waals surface area (Å²) in [7, 11) is 1.67. The van der Waals surface area contributed by atoms with Crippen molar-refractivity contribution in [2.24, 2.45) is 0 Å². The Hall–Kier alpha value is -2.97. The zero-order valence-electron chi connectivity index (χ0n) is 16.1. The lowest BCUT2D eigenvalue weighted by molar-refractivity contribution is -0.117. The molecule has 0 aliphatic heterocycles. The molecule has 0 spiro atoms. The van der Waals surface area contributed by atoms with E-state index in [1.165, 1.54) is 24.2 Å². The Morgan fingerprint density at radius 2 is 1.82 bits per heavy atom. The molecule has 0 unspecified atom stereocenters. The first-order chi connectivity index (χ1) is 13.6. The van der Waals surface area contributed by atoms with Crippen LogP contribution in [0.5, 0.6) is 0 Å². The molecule has 1 aliphatic rings. The molecule has 3 rings (SSSR count). The monoisotopic (exact) mass is 375 g/mol. The van der Waals surface area contributed by atoms with E-state index in [1.54, 1.807) is 49.5 Å². The highest BCUT2D eigenvalue weighted by atomic mass is 16.2. The molecule has 0 aromatic heterocycles. The number of amides is 1. The van der Waals surface area contributed by atoms with Gasteiger partial charge >= 0.3 is 0 Å². The van der Waals surface area contributed by atoms with Gasteiger partial charge in [-0.3, -0.25) is 9.59 Å². The van der Waals surface area contributed by atoms with Crippen LogP contribution in [0.15, 0.2) is 48.5 Å². The highest BCUT2D eigenvalue weighted by Gasteiger charge is 2.21. The number of carbonyl (C=O) groups is 2.